The Morgan fingerprint density at radius 3 is 2.44 bits per heavy atom. The minimum Gasteiger partial charge on any atom is -0.493 e. The van der Waals surface area contributed by atoms with Crippen LogP contribution in [-0.2, 0) is 11.3 Å². The van der Waals surface area contributed by atoms with Gasteiger partial charge < -0.3 is 14.8 Å². The molecule has 1 amide bonds. The van der Waals surface area contributed by atoms with E-state index in [4.69, 9.17) is 9.47 Å². The van der Waals surface area contributed by atoms with Gasteiger partial charge in [0.1, 0.15) is 0 Å². The van der Waals surface area contributed by atoms with Crippen molar-refractivity contribution in [1.29, 1.82) is 0 Å². The molecule has 0 saturated heterocycles. The van der Waals surface area contributed by atoms with E-state index in [9.17, 15) is 9.59 Å². The number of amides is 1. The highest BCUT2D eigenvalue weighted by atomic mass is 16.5. The molecule has 0 aromatic heterocycles. The van der Waals surface area contributed by atoms with Crippen LogP contribution in [0.1, 0.15) is 29.8 Å². The zero-order valence-electron chi connectivity index (χ0n) is 16.4. The number of nitrogens with zero attached hydrogens (tertiary/aromatic N) is 1. The van der Waals surface area contributed by atoms with Crippen molar-refractivity contribution in [3.63, 3.8) is 0 Å². The third-order valence-corrected chi connectivity index (χ3v) is 4.48. The van der Waals surface area contributed by atoms with Gasteiger partial charge in [0.05, 0.1) is 20.3 Å². The molecule has 0 aliphatic carbocycles. The van der Waals surface area contributed by atoms with Crippen LogP contribution in [0.3, 0.4) is 0 Å². The van der Waals surface area contributed by atoms with Gasteiger partial charge in [0.2, 0.25) is 5.91 Å². The summed E-state index contributed by atoms with van der Waals surface area (Å²) in [5, 5.41) is 2.87. The SMILES string of the molecule is COc1cccc(CN(C)[C@H](C)C(=O)Nc2cccc(C(C)=O)c2)c1OC. The quantitative estimate of drug-likeness (QED) is 0.722. The lowest BCUT2D eigenvalue weighted by atomic mass is 10.1. The molecule has 2 aromatic carbocycles. The summed E-state index contributed by atoms with van der Waals surface area (Å²) < 4.78 is 10.8. The number of hydrogen-bond acceptors (Lipinski definition) is 5. The van der Waals surface area contributed by atoms with E-state index >= 15 is 0 Å². The van der Waals surface area contributed by atoms with Crippen LogP contribution in [0.5, 0.6) is 11.5 Å². The number of carbonyl (C=O) groups is 2. The summed E-state index contributed by atoms with van der Waals surface area (Å²) in [7, 11) is 5.06. The number of anilines is 1. The first-order valence-electron chi connectivity index (χ1n) is 8.69. The van der Waals surface area contributed by atoms with Crippen LogP contribution in [0.25, 0.3) is 0 Å². The van der Waals surface area contributed by atoms with Crippen molar-refractivity contribution in [3.05, 3.63) is 53.6 Å². The van der Waals surface area contributed by atoms with Gasteiger partial charge in [0.15, 0.2) is 17.3 Å². The highest BCUT2D eigenvalue weighted by Crippen LogP contribution is 2.31. The van der Waals surface area contributed by atoms with E-state index in [-0.39, 0.29) is 17.7 Å². The molecule has 0 unspecified atom stereocenters. The van der Waals surface area contributed by atoms with Crippen LogP contribution in [-0.4, -0.2) is 43.9 Å². The number of rotatable bonds is 8. The van der Waals surface area contributed by atoms with Gasteiger partial charge in [-0.15, -0.1) is 0 Å². The minimum atomic E-state index is -0.387. The standard InChI is InChI=1S/C21H26N2O4/c1-14(21(25)22-18-10-6-8-16(12-18)15(2)24)23(3)13-17-9-7-11-19(26-4)20(17)27-5/h6-12,14H,13H2,1-5H3,(H,22,25)/t14-/m1/s1. The Balaban J connectivity index is 2.09. The maximum absolute atomic E-state index is 12.6. The molecule has 1 atom stereocenters. The molecule has 0 spiro atoms. The number of nitrogens with one attached hydrogen (secondary N) is 1. The lowest BCUT2D eigenvalue weighted by Gasteiger charge is -2.25. The largest absolute Gasteiger partial charge is 0.493 e. The number of methoxy groups -OCH3 is 2. The lowest BCUT2D eigenvalue weighted by molar-refractivity contribution is -0.120. The van der Waals surface area contributed by atoms with Crippen LogP contribution < -0.4 is 14.8 Å². The fourth-order valence-corrected chi connectivity index (χ4v) is 2.75. The van der Waals surface area contributed by atoms with Crippen LogP contribution >= 0.6 is 0 Å². The number of carbonyl (C=O) groups excluding carboxylic acids is 2. The van der Waals surface area contributed by atoms with Crippen molar-refractivity contribution in [1.82, 2.24) is 4.90 Å². The predicted octanol–water partition coefficient (Wildman–Crippen LogP) is 3.37. The summed E-state index contributed by atoms with van der Waals surface area (Å²) in [5.74, 6) is 1.12. The summed E-state index contributed by atoms with van der Waals surface area (Å²) in [4.78, 5) is 26.0. The van der Waals surface area contributed by atoms with Gasteiger partial charge in [-0.1, -0.05) is 24.3 Å². The second-order valence-electron chi connectivity index (χ2n) is 6.37. The molecule has 144 valence electrons. The number of hydrogen-bond donors (Lipinski definition) is 1. The van der Waals surface area contributed by atoms with Crippen LogP contribution in [0.15, 0.2) is 42.5 Å². The number of Topliss-reactive ketones (excluding diaryl/α,β-unsaturated/α-hetero) is 1. The van der Waals surface area contributed by atoms with Gasteiger partial charge in [-0.3, -0.25) is 14.5 Å². The normalized spacial score (nSPS) is 11.8. The molecule has 2 rings (SSSR count). The second-order valence-corrected chi connectivity index (χ2v) is 6.37. The molecule has 0 aliphatic rings. The average Bonchev–Trinajstić information content (AvgIpc) is 2.67. The molecule has 0 bridgehead atoms. The monoisotopic (exact) mass is 370 g/mol. The molecule has 2 aromatic rings. The van der Waals surface area contributed by atoms with E-state index in [0.29, 0.717) is 29.3 Å². The smallest absolute Gasteiger partial charge is 0.241 e. The first kappa shape index (κ1) is 20.5. The summed E-state index contributed by atoms with van der Waals surface area (Å²) in [6.07, 6.45) is 0. The molecule has 0 heterocycles. The van der Waals surface area contributed by atoms with E-state index < -0.39 is 0 Å². The van der Waals surface area contributed by atoms with Crippen molar-refractivity contribution in [3.8, 4) is 11.5 Å². The van der Waals surface area contributed by atoms with Gasteiger partial charge in [-0.05, 0) is 39.1 Å². The number of benzene rings is 2. The van der Waals surface area contributed by atoms with E-state index in [1.807, 2.05) is 37.1 Å². The fourth-order valence-electron chi connectivity index (χ4n) is 2.75. The molecule has 0 fully saturated rings. The Morgan fingerprint density at radius 1 is 1.11 bits per heavy atom. The molecule has 6 heteroatoms. The summed E-state index contributed by atoms with van der Waals surface area (Å²) in [6, 6.07) is 12.2. The van der Waals surface area contributed by atoms with Crippen molar-refractivity contribution in [2.75, 3.05) is 26.6 Å². The first-order chi connectivity index (χ1) is 12.9. The Kier molecular flexibility index (Phi) is 6.96. The predicted molar refractivity (Wildman–Crippen MR) is 106 cm³/mol. The molecular weight excluding hydrogens is 344 g/mol. The maximum atomic E-state index is 12.6. The van der Waals surface area contributed by atoms with E-state index in [1.54, 1.807) is 38.5 Å². The number of para-hydroxylation sites is 1. The zero-order chi connectivity index (χ0) is 20.0. The molecule has 0 aliphatic heterocycles. The van der Waals surface area contributed by atoms with E-state index in [0.717, 1.165) is 5.56 Å². The Labute approximate surface area is 160 Å². The molecule has 0 saturated carbocycles. The highest BCUT2D eigenvalue weighted by molar-refractivity contribution is 5.98. The molecule has 1 N–H and O–H groups in total. The first-order valence-corrected chi connectivity index (χ1v) is 8.69. The molecule has 0 radical (unpaired) electrons. The Hall–Kier alpha value is -2.86. The minimum absolute atomic E-state index is 0.0404. The van der Waals surface area contributed by atoms with Gasteiger partial charge in [-0.25, -0.2) is 0 Å². The van der Waals surface area contributed by atoms with Crippen LogP contribution in [0, 0.1) is 0 Å². The summed E-state index contributed by atoms with van der Waals surface area (Å²) >= 11 is 0. The van der Waals surface area contributed by atoms with Gasteiger partial charge in [0.25, 0.3) is 0 Å². The molecule has 27 heavy (non-hydrogen) atoms. The third kappa shape index (κ3) is 5.08. The van der Waals surface area contributed by atoms with Crippen molar-refractivity contribution in [2.24, 2.45) is 0 Å². The van der Waals surface area contributed by atoms with Gasteiger partial charge >= 0.3 is 0 Å². The molecule has 6 nitrogen and oxygen atoms in total. The van der Waals surface area contributed by atoms with Crippen molar-refractivity contribution < 1.29 is 19.1 Å². The Bertz CT molecular complexity index is 820. The van der Waals surface area contributed by atoms with Crippen molar-refractivity contribution >= 4 is 17.4 Å². The topological polar surface area (TPSA) is 67.9 Å². The lowest BCUT2D eigenvalue weighted by Crippen LogP contribution is -2.39. The molecular formula is C21H26N2O4. The van der Waals surface area contributed by atoms with Crippen LogP contribution in [0.4, 0.5) is 5.69 Å². The number of ether oxygens (including phenoxy) is 2. The average molecular weight is 370 g/mol. The third-order valence-electron chi connectivity index (χ3n) is 4.48. The zero-order valence-corrected chi connectivity index (χ0v) is 16.4. The van der Waals surface area contributed by atoms with Gasteiger partial charge in [0, 0.05) is 23.4 Å². The highest BCUT2D eigenvalue weighted by Gasteiger charge is 2.20. The summed E-state index contributed by atoms with van der Waals surface area (Å²) in [6.45, 7) is 3.85. The fraction of sp³-hybridized carbons (Fsp3) is 0.333. The van der Waals surface area contributed by atoms with Crippen LogP contribution in [0.2, 0.25) is 0 Å². The number of likely N-dealkylation sites (N-methyl/N-ethyl adjacent to an activating group) is 1. The summed E-state index contributed by atoms with van der Waals surface area (Å²) in [5.41, 5.74) is 2.10. The van der Waals surface area contributed by atoms with Gasteiger partial charge in [-0.2, -0.15) is 0 Å². The second kappa shape index (κ2) is 9.19. The Morgan fingerprint density at radius 2 is 1.81 bits per heavy atom. The number of ketones is 1. The van der Waals surface area contributed by atoms with E-state index in [2.05, 4.69) is 5.32 Å². The van der Waals surface area contributed by atoms with Crippen molar-refractivity contribution in [2.45, 2.75) is 26.4 Å². The van der Waals surface area contributed by atoms with E-state index in [1.165, 1.54) is 6.92 Å². The maximum Gasteiger partial charge on any atom is 0.241 e.